The number of aromatic nitrogens is 4. The Labute approximate surface area is 173 Å². The Morgan fingerprint density at radius 3 is 2.52 bits per heavy atom. The van der Waals surface area contributed by atoms with Gasteiger partial charge < -0.3 is 9.80 Å². The van der Waals surface area contributed by atoms with Gasteiger partial charge in [-0.05, 0) is 24.3 Å². The zero-order valence-corrected chi connectivity index (χ0v) is 17.0. The summed E-state index contributed by atoms with van der Waals surface area (Å²) < 4.78 is 1.88. The minimum Gasteiger partial charge on any atom is -0.378 e. The maximum absolute atomic E-state index is 12.9. The molecule has 0 saturated heterocycles. The molecule has 0 unspecified atom stereocenters. The van der Waals surface area contributed by atoms with Gasteiger partial charge in [0.15, 0.2) is 5.65 Å². The molecule has 4 aromatic rings. The van der Waals surface area contributed by atoms with Crippen LogP contribution in [0.2, 0.25) is 5.15 Å². The van der Waals surface area contributed by atoms with Crippen molar-refractivity contribution in [2.75, 3.05) is 30.9 Å². The number of amides is 1. The van der Waals surface area contributed by atoms with E-state index in [4.69, 9.17) is 11.6 Å². The molecule has 0 fully saturated rings. The maximum atomic E-state index is 12.9. The van der Waals surface area contributed by atoms with Crippen LogP contribution < -0.4 is 9.80 Å². The zero-order valence-electron chi connectivity index (χ0n) is 16.2. The van der Waals surface area contributed by atoms with Crippen molar-refractivity contribution in [1.29, 1.82) is 0 Å². The third-order valence-corrected chi connectivity index (χ3v) is 4.90. The molecule has 8 heteroatoms. The van der Waals surface area contributed by atoms with Crippen LogP contribution >= 0.6 is 11.6 Å². The predicted octanol–water partition coefficient (Wildman–Crippen LogP) is 3.79. The monoisotopic (exact) mass is 406 g/mol. The van der Waals surface area contributed by atoms with Crippen LogP contribution in [0, 0.1) is 0 Å². The topological polar surface area (TPSA) is 66.6 Å². The fourth-order valence-corrected chi connectivity index (χ4v) is 3.12. The number of carbonyl (C=O) groups excluding carboxylic acids is 1. The number of rotatable bonds is 4. The van der Waals surface area contributed by atoms with Gasteiger partial charge in [-0.3, -0.25) is 9.20 Å². The third kappa shape index (κ3) is 3.64. The van der Waals surface area contributed by atoms with E-state index in [1.807, 2.05) is 41.6 Å². The molecule has 3 aromatic heterocycles. The number of halogens is 1. The number of hydrogen-bond acceptors (Lipinski definition) is 5. The van der Waals surface area contributed by atoms with Crippen molar-refractivity contribution in [2.45, 2.75) is 0 Å². The fourth-order valence-electron chi connectivity index (χ4n) is 3.01. The lowest BCUT2D eigenvalue weighted by Crippen LogP contribution is -2.27. The fraction of sp³-hybridized carbons (Fsp3) is 0.143. The molecule has 0 bridgehead atoms. The van der Waals surface area contributed by atoms with Gasteiger partial charge in [0.05, 0.1) is 30.0 Å². The average Bonchev–Trinajstić information content (AvgIpc) is 3.16. The molecule has 0 aliphatic carbocycles. The molecule has 0 spiro atoms. The quantitative estimate of drug-likeness (QED) is 0.482. The second-order valence-electron chi connectivity index (χ2n) is 6.79. The van der Waals surface area contributed by atoms with E-state index in [-0.39, 0.29) is 5.91 Å². The molecule has 29 heavy (non-hydrogen) atoms. The lowest BCUT2D eigenvalue weighted by Gasteiger charge is -2.16. The van der Waals surface area contributed by atoms with Gasteiger partial charge in [0.1, 0.15) is 10.8 Å². The van der Waals surface area contributed by atoms with Crippen molar-refractivity contribution in [1.82, 2.24) is 19.4 Å². The molecule has 0 saturated carbocycles. The summed E-state index contributed by atoms with van der Waals surface area (Å²) in [5, 5.41) is 0.372. The molecule has 0 aliphatic rings. The second-order valence-corrected chi connectivity index (χ2v) is 7.18. The molecule has 4 rings (SSSR count). The van der Waals surface area contributed by atoms with E-state index >= 15 is 0 Å². The first-order chi connectivity index (χ1) is 13.9. The van der Waals surface area contributed by atoms with Crippen LogP contribution in [-0.2, 0) is 0 Å². The van der Waals surface area contributed by atoms with Crippen LogP contribution in [0.5, 0.6) is 0 Å². The molecule has 1 aromatic carbocycles. The lowest BCUT2D eigenvalue weighted by atomic mass is 10.1. The normalized spacial score (nSPS) is 10.9. The Bertz CT molecular complexity index is 1190. The predicted molar refractivity (Wildman–Crippen MR) is 115 cm³/mol. The summed E-state index contributed by atoms with van der Waals surface area (Å²) in [6.07, 6.45) is 6.64. The van der Waals surface area contributed by atoms with Crippen LogP contribution in [0.25, 0.3) is 16.9 Å². The summed E-state index contributed by atoms with van der Waals surface area (Å²) in [6, 6.07) is 11.5. The highest BCUT2D eigenvalue weighted by Crippen LogP contribution is 2.25. The van der Waals surface area contributed by atoms with E-state index < -0.39 is 0 Å². The number of hydrogen-bond donors (Lipinski definition) is 0. The summed E-state index contributed by atoms with van der Waals surface area (Å²) in [7, 11) is 5.67. The maximum Gasteiger partial charge on any atom is 0.278 e. The highest BCUT2D eigenvalue weighted by molar-refractivity contribution is 6.29. The number of fused-ring (bicyclic) bond motifs is 1. The van der Waals surface area contributed by atoms with Crippen molar-refractivity contribution < 1.29 is 4.79 Å². The first-order valence-corrected chi connectivity index (χ1v) is 9.32. The van der Waals surface area contributed by atoms with Gasteiger partial charge >= 0.3 is 0 Å². The largest absolute Gasteiger partial charge is 0.378 e. The van der Waals surface area contributed by atoms with E-state index in [0.29, 0.717) is 22.2 Å². The Balaban J connectivity index is 1.72. The van der Waals surface area contributed by atoms with Crippen molar-refractivity contribution in [3.8, 4) is 11.3 Å². The van der Waals surface area contributed by atoms with Gasteiger partial charge in [-0.25, -0.2) is 15.0 Å². The van der Waals surface area contributed by atoms with E-state index in [2.05, 4.69) is 21.0 Å². The molecular weight excluding hydrogens is 388 g/mol. The Hall–Kier alpha value is -3.45. The summed E-state index contributed by atoms with van der Waals surface area (Å²) in [5.41, 5.74) is 4.57. The van der Waals surface area contributed by atoms with Crippen molar-refractivity contribution in [3.63, 3.8) is 0 Å². The summed E-state index contributed by atoms with van der Waals surface area (Å²) >= 11 is 5.83. The molecule has 3 heterocycles. The molecule has 0 atom stereocenters. The van der Waals surface area contributed by atoms with Gasteiger partial charge in [0.2, 0.25) is 0 Å². The zero-order chi connectivity index (χ0) is 20.5. The Morgan fingerprint density at radius 2 is 1.79 bits per heavy atom. The van der Waals surface area contributed by atoms with Gasteiger partial charge in [-0.15, -0.1) is 0 Å². The number of pyridine rings is 1. The SMILES string of the molecule is CN(C)c1cccc(-c2cnc3cnc(C(=O)N(C)c4ccc(Cl)nc4)cn23)c1. The van der Waals surface area contributed by atoms with Crippen molar-refractivity contribution >= 4 is 34.5 Å². The Kier molecular flexibility index (Phi) is 4.90. The summed E-state index contributed by atoms with van der Waals surface area (Å²) in [5.74, 6) is -0.252. The first kappa shape index (κ1) is 18.9. The van der Waals surface area contributed by atoms with Crippen LogP contribution in [0.4, 0.5) is 11.4 Å². The number of imidazole rings is 1. The van der Waals surface area contributed by atoms with Gasteiger partial charge in [0, 0.05) is 38.6 Å². The van der Waals surface area contributed by atoms with Crippen LogP contribution in [0.3, 0.4) is 0 Å². The highest BCUT2D eigenvalue weighted by atomic mass is 35.5. The van der Waals surface area contributed by atoms with Crippen LogP contribution in [-0.4, -0.2) is 46.4 Å². The number of carbonyl (C=O) groups is 1. The molecule has 1 amide bonds. The van der Waals surface area contributed by atoms with Crippen molar-refractivity contribution in [2.24, 2.45) is 0 Å². The summed E-state index contributed by atoms with van der Waals surface area (Å²) in [4.78, 5) is 29.2. The van der Waals surface area contributed by atoms with Gasteiger partial charge in [-0.2, -0.15) is 0 Å². The molecule has 0 radical (unpaired) electrons. The number of anilines is 2. The molecular formula is C21H19ClN6O. The van der Waals surface area contributed by atoms with E-state index in [1.54, 1.807) is 44.0 Å². The Morgan fingerprint density at radius 1 is 0.966 bits per heavy atom. The number of benzene rings is 1. The second kappa shape index (κ2) is 7.52. The minimum absolute atomic E-state index is 0.252. The number of nitrogens with zero attached hydrogens (tertiary/aromatic N) is 6. The van der Waals surface area contributed by atoms with E-state index in [9.17, 15) is 4.79 Å². The lowest BCUT2D eigenvalue weighted by molar-refractivity contribution is 0.0987. The molecule has 0 aliphatic heterocycles. The average molecular weight is 407 g/mol. The van der Waals surface area contributed by atoms with Crippen LogP contribution in [0.15, 0.2) is 61.2 Å². The van der Waals surface area contributed by atoms with E-state index in [1.165, 1.54) is 4.90 Å². The standard InChI is InChI=1S/C21H19ClN6O/c1-26(2)15-6-4-5-14(9-15)18-11-25-20-12-23-17(13-28(18)20)21(29)27(3)16-7-8-19(22)24-10-16/h4-13H,1-3H3. The van der Waals surface area contributed by atoms with Gasteiger partial charge in [-0.1, -0.05) is 23.7 Å². The highest BCUT2D eigenvalue weighted by Gasteiger charge is 2.17. The third-order valence-electron chi connectivity index (χ3n) is 4.68. The summed E-state index contributed by atoms with van der Waals surface area (Å²) in [6.45, 7) is 0. The van der Waals surface area contributed by atoms with E-state index in [0.717, 1.165) is 16.9 Å². The first-order valence-electron chi connectivity index (χ1n) is 8.94. The molecule has 0 N–H and O–H groups in total. The smallest absolute Gasteiger partial charge is 0.278 e. The molecule has 146 valence electrons. The van der Waals surface area contributed by atoms with Gasteiger partial charge in [0.25, 0.3) is 5.91 Å². The molecule has 7 nitrogen and oxygen atoms in total. The minimum atomic E-state index is -0.252. The van der Waals surface area contributed by atoms with Crippen molar-refractivity contribution in [3.05, 3.63) is 72.0 Å². The van der Waals surface area contributed by atoms with Crippen LogP contribution in [0.1, 0.15) is 10.5 Å².